The highest BCUT2D eigenvalue weighted by molar-refractivity contribution is 5.02. The Hall–Kier alpha value is -0.560. The highest BCUT2D eigenvalue weighted by Gasteiger charge is 2.19. The van der Waals surface area contributed by atoms with Gasteiger partial charge >= 0.3 is 0 Å². The van der Waals surface area contributed by atoms with Crippen LogP contribution in [0.1, 0.15) is 25.7 Å². The number of hydrogen-bond acceptors (Lipinski definition) is 1. The maximum absolute atomic E-state index is 9.51. The van der Waals surface area contributed by atoms with Gasteiger partial charge in [-0.2, -0.15) is 0 Å². The van der Waals surface area contributed by atoms with Gasteiger partial charge in [0, 0.05) is 5.92 Å². The van der Waals surface area contributed by atoms with Gasteiger partial charge in [0.25, 0.3) is 0 Å². The van der Waals surface area contributed by atoms with E-state index in [1.165, 1.54) is 12.8 Å². The van der Waals surface area contributed by atoms with Gasteiger partial charge in [0.1, 0.15) is 0 Å². The Kier molecular flexibility index (Phi) is 3.37. The average molecular weight is 152 g/mol. The summed E-state index contributed by atoms with van der Waals surface area (Å²) in [5.74, 6) is 0.377. The molecule has 0 aromatic heterocycles. The third-order valence-electron chi connectivity index (χ3n) is 2.28. The van der Waals surface area contributed by atoms with Gasteiger partial charge in [-0.1, -0.05) is 37.6 Å². The van der Waals surface area contributed by atoms with E-state index in [0.29, 0.717) is 5.92 Å². The first-order valence-corrected chi connectivity index (χ1v) is 4.32. The van der Waals surface area contributed by atoms with Crippen molar-refractivity contribution in [3.05, 3.63) is 24.8 Å². The molecule has 0 aromatic carbocycles. The van der Waals surface area contributed by atoms with Crippen LogP contribution in [-0.4, -0.2) is 11.2 Å². The van der Waals surface area contributed by atoms with Gasteiger partial charge < -0.3 is 5.11 Å². The van der Waals surface area contributed by atoms with Crippen LogP contribution in [0.2, 0.25) is 0 Å². The molecular weight excluding hydrogens is 136 g/mol. The number of aliphatic hydroxyl groups excluding tert-OH is 1. The summed E-state index contributed by atoms with van der Waals surface area (Å²) in [4.78, 5) is 0. The molecule has 0 heterocycles. The Morgan fingerprint density at radius 3 is 2.64 bits per heavy atom. The minimum absolute atomic E-state index is 0.111. The first-order valence-electron chi connectivity index (χ1n) is 4.32. The van der Waals surface area contributed by atoms with Crippen LogP contribution in [0.15, 0.2) is 24.8 Å². The zero-order valence-electron chi connectivity index (χ0n) is 6.87. The van der Waals surface area contributed by atoms with E-state index in [1.54, 1.807) is 6.08 Å². The van der Waals surface area contributed by atoms with Crippen molar-refractivity contribution in [1.29, 1.82) is 0 Å². The highest BCUT2D eigenvalue weighted by Crippen LogP contribution is 2.25. The Labute approximate surface area is 68.4 Å². The zero-order valence-corrected chi connectivity index (χ0v) is 6.87. The van der Waals surface area contributed by atoms with Crippen molar-refractivity contribution >= 4 is 0 Å². The van der Waals surface area contributed by atoms with Crippen molar-refractivity contribution in [2.24, 2.45) is 5.92 Å². The van der Waals surface area contributed by atoms with Gasteiger partial charge in [-0.15, -0.1) is 0 Å². The van der Waals surface area contributed by atoms with Crippen LogP contribution in [0.3, 0.4) is 0 Å². The predicted molar refractivity (Wildman–Crippen MR) is 47.3 cm³/mol. The molecule has 11 heavy (non-hydrogen) atoms. The summed E-state index contributed by atoms with van der Waals surface area (Å²) in [6.45, 7) is 3.60. The maximum atomic E-state index is 9.51. The molecule has 0 saturated heterocycles. The molecule has 0 spiro atoms. The average Bonchev–Trinajstić information content (AvgIpc) is 2.03. The molecular formula is C10H16O. The van der Waals surface area contributed by atoms with E-state index in [0.717, 1.165) is 12.8 Å². The third-order valence-corrected chi connectivity index (χ3v) is 2.28. The standard InChI is InChI=1S/C10H16O/c1-2-3-6-9-7-4-5-8-10(9)11/h2-3,6,9-11H,1,4-5,7-8H2/b6-3+. The molecule has 0 aromatic rings. The second-order valence-electron chi connectivity index (χ2n) is 3.14. The van der Waals surface area contributed by atoms with Crippen molar-refractivity contribution in [1.82, 2.24) is 0 Å². The van der Waals surface area contributed by atoms with Gasteiger partial charge in [0.05, 0.1) is 6.10 Å². The molecule has 1 rings (SSSR count). The van der Waals surface area contributed by atoms with Gasteiger partial charge in [0.15, 0.2) is 0 Å². The Bertz CT molecular complexity index is 149. The van der Waals surface area contributed by atoms with E-state index in [-0.39, 0.29) is 6.10 Å². The van der Waals surface area contributed by atoms with Crippen molar-refractivity contribution in [2.75, 3.05) is 0 Å². The van der Waals surface area contributed by atoms with E-state index in [1.807, 2.05) is 6.08 Å². The molecule has 0 radical (unpaired) electrons. The van der Waals surface area contributed by atoms with Crippen LogP contribution in [0, 0.1) is 5.92 Å². The van der Waals surface area contributed by atoms with Gasteiger partial charge in [-0.3, -0.25) is 0 Å². The van der Waals surface area contributed by atoms with E-state index in [9.17, 15) is 5.11 Å². The summed E-state index contributed by atoms with van der Waals surface area (Å²) in [5, 5.41) is 9.51. The van der Waals surface area contributed by atoms with E-state index < -0.39 is 0 Å². The fourth-order valence-electron chi connectivity index (χ4n) is 1.59. The lowest BCUT2D eigenvalue weighted by Crippen LogP contribution is -2.22. The summed E-state index contributed by atoms with van der Waals surface area (Å²) >= 11 is 0. The lowest BCUT2D eigenvalue weighted by molar-refractivity contribution is 0.0928. The third kappa shape index (κ3) is 2.51. The lowest BCUT2D eigenvalue weighted by atomic mass is 9.86. The molecule has 1 nitrogen and oxygen atoms in total. The quantitative estimate of drug-likeness (QED) is 0.602. The molecule has 0 amide bonds. The number of hydrogen-bond donors (Lipinski definition) is 1. The molecule has 2 unspecified atom stereocenters. The van der Waals surface area contributed by atoms with Crippen molar-refractivity contribution < 1.29 is 5.11 Å². The minimum Gasteiger partial charge on any atom is -0.393 e. The summed E-state index contributed by atoms with van der Waals surface area (Å²) in [6, 6.07) is 0. The van der Waals surface area contributed by atoms with E-state index in [2.05, 4.69) is 12.7 Å². The smallest absolute Gasteiger partial charge is 0.0602 e. The summed E-state index contributed by atoms with van der Waals surface area (Å²) in [5.41, 5.74) is 0. The summed E-state index contributed by atoms with van der Waals surface area (Å²) in [7, 11) is 0. The molecule has 1 N–H and O–H groups in total. The normalized spacial score (nSPS) is 32.5. The Balaban J connectivity index is 2.41. The van der Waals surface area contributed by atoms with Crippen LogP contribution in [0.25, 0.3) is 0 Å². The van der Waals surface area contributed by atoms with Gasteiger partial charge in [-0.25, -0.2) is 0 Å². The van der Waals surface area contributed by atoms with Gasteiger partial charge in [0.2, 0.25) is 0 Å². The molecule has 2 atom stereocenters. The van der Waals surface area contributed by atoms with Crippen molar-refractivity contribution in [2.45, 2.75) is 31.8 Å². The molecule has 1 heteroatoms. The second kappa shape index (κ2) is 4.35. The van der Waals surface area contributed by atoms with Crippen molar-refractivity contribution in [3.63, 3.8) is 0 Å². The molecule has 0 aliphatic heterocycles. The van der Waals surface area contributed by atoms with Crippen LogP contribution >= 0.6 is 0 Å². The van der Waals surface area contributed by atoms with E-state index >= 15 is 0 Å². The molecule has 62 valence electrons. The molecule has 1 aliphatic rings. The fourth-order valence-corrected chi connectivity index (χ4v) is 1.59. The molecule has 1 aliphatic carbocycles. The molecule has 1 saturated carbocycles. The lowest BCUT2D eigenvalue weighted by Gasteiger charge is -2.24. The highest BCUT2D eigenvalue weighted by atomic mass is 16.3. The first kappa shape index (κ1) is 8.54. The number of aliphatic hydroxyl groups is 1. The van der Waals surface area contributed by atoms with Crippen LogP contribution in [-0.2, 0) is 0 Å². The maximum Gasteiger partial charge on any atom is 0.0602 e. The minimum atomic E-state index is -0.111. The number of allylic oxidation sites excluding steroid dienone is 2. The monoisotopic (exact) mass is 152 g/mol. The van der Waals surface area contributed by atoms with Crippen molar-refractivity contribution in [3.8, 4) is 0 Å². The Morgan fingerprint density at radius 2 is 2.00 bits per heavy atom. The topological polar surface area (TPSA) is 20.2 Å². The predicted octanol–water partition coefficient (Wildman–Crippen LogP) is 2.28. The fraction of sp³-hybridized carbons (Fsp3) is 0.600. The largest absolute Gasteiger partial charge is 0.393 e. The number of rotatable bonds is 2. The van der Waals surface area contributed by atoms with Crippen LogP contribution in [0.5, 0.6) is 0 Å². The summed E-state index contributed by atoms with van der Waals surface area (Å²) in [6.07, 6.45) is 10.2. The summed E-state index contributed by atoms with van der Waals surface area (Å²) < 4.78 is 0. The Morgan fingerprint density at radius 1 is 1.27 bits per heavy atom. The van der Waals surface area contributed by atoms with Crippen LogP contribution in [0.4, 0.5) is 0 Å². The second-order valence-corrected chi connectivity index (χ2v) is 3.14. The first-order chi connectivity index (χ1) is 5.34. The van der Waals surface area contributed by atoms with E-state index in [4.69, 9.17) is 0 Å². The molecule has 0 bridgehead atoms. The van der Waals surface area contributed by atoms with Gasteiger partial charge in [-0.05, 0) is 12.8 Å². The zero-order chi connectivity index (χ0) is 8.10. The van der Waals surface area contributed by atoms with Crippen LogP contribution < -0.4 is 0 Å². The molecule has 1 fully saturated rings. The SMILES string of the molecule is C=C/C=C/C1CCCCC1O.